The Morgan fingerprint density at radius 1 is 0.302 bits per heavy atom. The molecule has 0 saturated carbocycles. The minimum atomic E-state index is -0.934. The van der Waals surface area contributed by atoms with Gasteiger partial charge in [0.2, 0.25) is 0 Å². The Morgan fingerprint density at radius 2 is 0.679 bits per heavy atom. The molecule has 0 amide bonds. The Balaban J connectivity index is 1.38. The van der Waals surface area contributed by atoms with Gasteiger partial charge >= 0.3 is 0 Å². The zero-order valence-electron chi connectivity index (χ0n) is 27.8. The molecule has 8 aromatic carbocycles. The molecular formula is C44H31NO8. The van der Waals surface area contributed by atoms with Crippen LogP contribution in [0.25, 0.3) is 54.9 Å². The summed E-state index contributed by atoms with van der Waals surface area (Å²) in [4.78, 5) is 0.944. The number of benzene rings is 8. The summed E-state index contributed by atoms with van der Waals surface area (Å²) in [5.41, 5.74) is 0.855. The number of rotatable bonds is 6. The van der Waals surface area contributed by atoms with E-state index < -0.39 is 57.4 Å². The van der Waals surface area contributed by atoms with Crippen LogP contribution >= 0.6 is 0 Å². The lowest BCUT2D eigenvalue weighted by atomic mass is 9.96. The normalized spacial score (nSPS) is 11.2. The van der Waals surface area contributed by atoms with Crippen LogP contribution in [0.4, 0.5) is 17.1 Å². The van der Waals surface area contributed by atoms with E-state index in [1.807, 2.05) is 54.6 Å². The Bertz CT molecular complexity index is 2530. The summed E-state index contributed by atoms with van der Waals surface area (Å²) >= 11 is 0. The van der Waals surface area contributed by atoms with Crippen molar-refractivity contribution < 1.29 is 40.9 Å². The lowest BCUT2D eigenvalue weighted by Crippen LogP contribution is -2.12. The smallest absolute Gasteiger partial charge is 0.186 e. The second-order valence-corrected chi connectivity index (χ2v) is 12.6. The number of aromatic hydroxyl groups is 8. The predicted octanol–water partition coefficient (Wildman–Crippen LogP) is 10.1. The van der Waals surface area contributed by atoms with Crippen molar-refractivity contribution in [2.75, 3.05) is 4.90 Å². The minimum absolute atomic E-state index is 0.0893. The molecule has 0 heterocycles. The van der Waals surface area contributed by atoms with E-state index in [0.717, 1.165) is 32.2 Å². The van der Waals surface area contributed by atoms with E-state index in [4.69, 9.17) is 0 Å². The van der Waals surface area contributed by atoms with Crippen LogP contribution in [0.3, 0.4) is 0 Å². The number of fused-ring (bicyclic) bond motifs is 3. The summed E-state index contributed by atoms with van der Waals surface area (Å²) in [7, 11) is 0. The molecule has 0 unspecified atom stereocenters. The summed E-state index contributed by atoms with van der Waals surface area (Å²) in [6.45, 7) is 0. The third-order valence-electron chi connectivity index (χ3n) is 9.50. The van der Waals surface area contributed by atoms with Crippen LogP contribution in [0.15, 0.2) is 140 Å². The highest BCUT2D eigenvalue weighted by Crippen LogP contribution is 2.63. The van der Waals surface area contributed by atoms with Crippen molar-refractivity contribution in [3.8, 4) is 79.4 Å². The second-order valence-electron chi connectivity index (χ2n) is 12.6. The average molecular weight is 702 g/mol. The van der Waals surface area contributed by atoms with Gasteiger partial charge in [-0.15, -0.1) is 0 Å². The highest BCUT2D eigenvalue weighted by Gasteiger charge is 2.35. The summed E-state index contributed by atoms with van der Waals surface area (Å²) in [5, 5.41) is 95.2. The Labute approximate surface area is 302 Å². The molecule has 8 rings (SSSR count). The van der Waals surface area contributed by atoms with Gasteiger partial charge in [0.1, 0.15) is 11.4 Å². The van der Waals surface area contributed by atoms with Gasteiger partial charge in [0, 0.05) is 5.69 Å². The standard InChI is InChI=1S/C44H31NO8/c46-37-33(25-12-6-2-7-13-25)38(47)42(51)35(41(37)50)45(36-43(52)39(48)34(40(49)44(36)53)26-14-8-3-9-15-26)30-19-21-32-29(23-30)17-16-28-22-27(18-20-31(28)32)24-10-4-1-5-11-24/h1-23,46-53H. The average Bonchev–Trinajstić information content (AvgIpc) is 3.19. The van der Waals surface area contributed by atoms with Crippen LogP contribution in [0.5, 0.6) is 46.0 Å². The molecule has 0 fully saturated rings. The van der Waals surface area contributed by atoms with Gasteiger partial charge < -0.3 is 40.9 Å². The van der Waals surface area contributed by atoms with E-state index in [-0.39, 0.29) is 27.9 Å². The van der Waals surface area contributed by atoms with Gasteiger partial charge in [-0.05, 0) is 62.0 Å². The molecule has 260 valence electrons. The highest BCUT2D eigenvalue weighted by molar-refractivity contribution is 6.10. The predicted molar refractivity (Wildman–Crippen MR) is 206 cm³/mol. The molecular weight excluding hydrogens is 670 g/mol. The maximum Gasteiger partial charge on any atom is 0.186 e. The number of anilines is 3. The molecule has 0 atom stereocenters. The molecule has 0 aromatic heterocycles. The first-order valence-corrected chi connectivity index (χ1v) is 16.6. The summed E-state index contributed by atoms with van der Waals surface area (Å²) in [6.07, 6.45) is 0. The first-order valence-electron chi connectivity index (χ1n) is 16.6. The van der Waals surface area contributed by atoms with E-state index in [1.165, 1.54) is 0 Å². The van der Waals surface area contributed by atoms with Crippen LogP contribution in [-0.4, -0.2) is 40.9 Å². The molecule has 9 heteroatoms. The molecule has 0 radical (unpaired) electrons. The quantitative estimate of drug-likeness (QED) is 0.0478. The van der Waals surface area contributed by atoms with Crippen molar-refractivity contribution in [3.63, 3.8) is 0 Å². The van der Waals surface area contributed by atoms with Crippen molar-refractivity contribution in [2.45, 2.75) is 0 Å². The van der Waals surface area contributed by atoms with Crippen LogP contribution in [0.2, 0.25) is 0 Å². The maximum atomic E-state index is 11.6. The third-order valence-corrected chi connectivity index (χ3v) is 9.50. The van der Waals surface area contributed by atoms with E-state index in [0.29, 0.717) is 5.39 Å². The van der Waals surface area contributed by atoms with Gasteiger partial charge in [-0.25, -0.2) is 0 Å². The van der Waals surface area contributed by atoms with Crippen LogP contribution < -0.4 is 4.90 Å². The molecule has 53 heavy (non-hydrogen) atoms. The molecule has 0 saturated heterocycles. The molecule has 0 aliphatic carbocycles. The van der Waals surface area contributed by atoms with Gasteiger partial charge in [0.05, 0.1) is 11.1 Å². The fourth-order valence-electron chi connectivity index (χ4n) is 6.93. The molecule has 0 spiro atoms. The molecule has 0 aliphatic heterocycles. The monoisotopic (exact) mass is 701 g/mol. The summed E-state index contributed by atoms with van der Waals surface area (Å²) < 4.78 is 0. The van der Waals surface area contributed by atoms with E-state index in [1.54, 1.807) is 78.9 Å². The Morgan fingerprint density at radius 3 is 1.11 bits per heavy atom. The largest absolute Gasteiger partial charge is 0.504 e. The van der Waals surface area contributed by atoms with Gasteiger partial charge in [-0.1, -0.05) is 121 Å². The van der Waals surface area contributed by atoms with Crippen molar-refractivity contribution >= 4 is 38.6 Å². The minimum Gasteiger partial charge on any atom is -0.504 e. The lowest BCUT2D eigenvalue weighted by molar-refractivity contribution is 0.372. The first kappa shape index (κ1) is 32.7. The number of hydrogen-bond donors (Lipinski definition) is 8. The van der Waals surface area contributed by atoms with Crippen LogP contribution in [0, 0.1) is 0 Å². The molecule has 0 bridgehead atoms. The van der Waals surface area contributed by atoms with Crippen molar-refractivity contribution in [1.82, 2.24) is 0 Å². The van der Waals surface area contributed by atoms with Gasteiger partial charge in [0.25, 0.3) is 0 Å². The maximum absolute atomic E-state index is 11.6. The fourth-order valence-corrected chi connectivity index (χ4v) is 6.93. The van der Waals surface area contributed by atoms with Crippen LogP contribution in [-0.2, 0) is 0 Å². The van der Waals surface area contributed by atoms with E-state index >= 15 is 0 Å². The first-order chi connectivity index (χ1) is 25.7. The number of phenols is 8. The second kappa shape index (κ2) is 12.7. The topological polar surface area (TPSA) is 165 Å². The van der Waals surface area contributed by atoms with Gasteiger partial charge in [-0.2, -0.15) is 0 Å². The molecule has 8 aromatic rings. The zero-order chi connectivity index (χ0) is 37.0. The van der Waals surface area contributed by atoms with Gasteiger partial charge in [-0.3, -0.25) is 4.90 Å². The number of nitrogens with zero attached hydrogens (tertiary/aromatic N) is 1. The van der Waals surface area contributed by atoms with E-state index in [2.05, 4.69) is 6.07 Å². The fraction of sp³-hybridized carbons (Fsp3) is 0. The zero-order valence-corrected chi connectivity index (χ0v) is 27.8. The van der Waals surface area contributed by atoms with Crippen molar-refractivity contribution in [1.29, 1.82) is 0 Å². The molecule has 8 N–H and O–H groups in total. The number of hydrogen-bond acceptors (Lipinski definition) is 9. The highest BCUT2D eigenvalue weighted by atomic mass is 16.3. The van der Waals surface area contributed by atoms with Crippen molar-refractivity contribution in [2.24, 2.45) is 0 Å². The molecule has 9 nitrogen and oxygen atoms in total. The summed E-state index contributed by atoms with van der Waals surface area (Å²) in [5.74, 6) is -7.01. The number of phenolic OH excluding ortho intramolecular Hbond substituents is 8. The van der Waals surface area contributed by atoms with Crippen molar-refractivity contribution in [3.05, 3.63) is 140 Å². The lowest BCUT2D eigenvalue weighted by Gasteiger charge is -2.30. The van der Waals surface area contributed by atoms with Gasteiger partial charge in [0.15, 0.2) is 46.0 Å². The summed E-state index contributed by atoms with van der Waals surface area (Å²) in [6, 6.07) is 41.0. The third kappa shape index (κ3) is 5.26. The van der Waals surface area contributed by atoms with Crippen LogP contribution in [0.1, 0.15) is 0 Å². The Hall–Kier alpha value is -7.52. The molecule has 0 aliphatic rings. The SMILES string of the molecule is Oc1c(O)c(N(c2ccc3c(ccc4cc(-c5ccccc5)ccc43)c2)c2c(O)c(O)c(-c3ccccc3)c(O)c2O)c(O)c(O)c1-c1ccccc1. The Kier molecular flexibility index (Phi) is 7.81. The van der Waals surface area contributed by atoms with E-state index in [9.17, 15) is 40.9 Å².